The number of hydrogen-bond donors (Lipinski definition) is 0. The molecule has 1 rings (SSSR count). The van der Waals surface area contributed by atoms with E-state index in [9.17, 15) is 4.79 Å². The molecule has 0 unspecified atom stereocenters. The van der Waals surface area contributed by atoms with Crippen molar-refractivity contribution in [3.8, 4) is 0 Å². The smallest absolute Gasteiger partial charge is 0.140 e. The van der Waals surface area contributed by atoms with Gasteiger partial charge in [0, 0.05) is 4.88 Å². The van der Waals surface area contributed by atoms with Crippen molar-refractivity contribution < 1.29 is 4.79 Å². The molecule has 0 amide bonds. The van der Waals surface area contributed by atoms with Crippen molar-refractivity contribution in [1.82, 2.24) is 0 Å². The fourth-order valence-electron chi connectivity index (χ4n) is 0.824. The highest BCUT2D eigenvalue weighted by atomic mass is 35.5. The minimum atomic E-state index is -0.391. The molecule has 0 saturated heterocycles. The van der Waals surface area contributed by atoms with Gasteiger partial charge in [0.25, 0.3) is 0 Å². The van der Waals surface area contributed by atoms with Crippen LogP contribution in [0.1, 0.15) is 25.6 Å². The first kappa shape index (κ1) is 9.75. The van der Waals surface area contributed by atoms with Gasteiger partial charge in [0.05, 0.1) is 9.75 Å². The van der Waals surface area contributed by atoms with Crippen LogP contribution in [0.4, 0.5) is 0 Å². The fourth-order valence-corrected chi connectivity index (χ4v) is 2.02. The lowest BCUT2D eigenvalue weighted by molar-refractivity contribution is -0.121. The first-order valence-corrected chi connectivity index (χ1v) is 4.91. The molecule has 0 atom stereocenters. The molecule has 0 aromatic carbocycles. The third kappa shape index (κ3) is 1.70. The summed E-state index contributed by atoms with van der Waals surface area (Å²) in [6.07, 6.45) is 0. The number of thiophene rings is 1. The Balaban J connectivity index is 3.05. The zero-order valence-corrected chi connectivity index (χ0v) is 8.92. The van der Waals surface area contributed by atoms with Crippen molar-refractivity contribution in [3.63, 3.8) is 0 Å². The summed E-state index contributed by atoms with van der Waals surface area (Å²) in [6.45, 7) is 5.43. The van der Waals surface area contributed by atoms with Crippen LogP contribution in [0.25, 0.3) is 0 Å². The monoisotopic (exact) mass is 202 g/mol. The molecule has 0 aliphatic heterocycles. The van der Waals surface area contributed by atoms with Crippen LogP contribution in [0.5, 0.6) is 0 Å². The van der Waals surface area contributed by atoms with Crippen LogP contribution in [0.3, 0.4) is 0 Å². The molecule has 0 saturated carbocycles. The summed E-state index contributed by atoms with van der Waals surface area (Å²) in [7, 11) is 0. The van der Waals surface area contributed by atoms with Crippen molar-refractivity contribution in [2.75, 3.05) is 0 Å². The standard InChI is InChI=1S/C9H11ClOS/c1-6(11)9(2,3)7-4-5-8(10)12-7/h4-5H,1-3H3. The predicted octanol–water partition coefficient (Wildman–Crippen LogP) is 3.27. The van der Waals surface area contributed by atoms with E-state index in [1.165, 1.54) is 11.3 Å². The number of carbonyl (C=O) groups excluding carboxylic acids is 1. The Morgan fingerprint density at radius 2 is 2.08 bits per heavy atom. The Labute approximate surface area is 81.4 Å². The highest BCUT2D eigenvalue weighted by molar-refractivity contribution is 7.16. The Bertz CT molecular complexity index is 301. The highest BCUT2D eigenvalue weighted by Crippen LogP contribution is 2.32. The molecule has 1 aromatic rings. The zero-order chi connectivity index (χ0) is 9.35. The van der Waals surface area contributed by atoms with Crippen LogP contribution >= 0.6 is 22.9 Å². The molecule has 1 nitrogen and oxygen atoms in total. The predicted molar refractivity (Wildman–Crippen MR) is 53.0 cm³/mol. The average Bonchev–Trinajstić information content (AvgIpc) is 2.35. The first-order valence-electron chi connectivity index (χ1n) is 3.71. The molecule has 0 aliphatic carbocycles. The quantitative estimate of drug-likeness (QED) is 0.720. The first-order chi connectivity index (χ1) is 5.44. The molecule has 0 aliphatic rings. The second-order valence-electron chi connectivity index (χ2n) is 3.28. The molecule has 0 bridgehead atoms. The molecule has 0 spiro atoms. The summed E-state index contributed by atoms with van der Waals surface area (Å²) >= 11 is 7.25. The Morgan fingerprint density at radius 3 is 2.42 bits per heavy atom. The second kappa shape index (κ2) is 3.19. The fraction of sp³-hybridized carbons (Fsp3) is 0.444. The van der Waals surface area contributed by atoms with E-state index >= 15 is 0 Å². The van der Waals surface area contributed by atoms with Crippen LogP contribution in [-0.2, 0) is 10.2 Å². The number of ketones is 1. The second-order valence-corrected chi connectivity index (χ2v) is 5.00. The van der Waals surface area contributed by atoms with Gasteiger partial charge in [-0.1, -0.05) is 11.6 Å². The molecule has 1 heterocycles. The van der Waals surface area contributed by atoms with Gasteiger partial charge >= 0.3 is 0 Å². The summed E-state index contributed by atoms with van der Waals surface area (Å²) in [5.74, 6) is 0.168. The van der Waals surface area contributed by atoms with E-state index in [0.29, 0.717) is 0 Å². The van der Waals surface area contributed by atoms with Crippen molar-refractivity contribution in [2.24, 2.45) is 0 Å². The lowest BCUT2D eigenvalue weighted by Gasteiger charge is -2.18. The van der Waals surface area contributed by atoms with E-state index in [-0.39, 0.29) is 5.78 Å². The Morgan fingerprint density at radius 1 is 1.50 bits per heavy atom. The van der Waals surface area contributed by atoms with E-state index < -0.39 is 5.41 Å². The van der Waals surface area contributed by atoms with Gasteiger partial charge in [-0.15, -0.1) is 11.3 Å². The average molecular weight is 203 g/mol. The molecule has 12 heavy (non-hydrogen) atoms. The SMILES string of the molecule is CC(=O)C(C)(C)c1ccc(Cl)s1. The maximum atomic E-state index is 11.2. The highest BCUT2D eigenvalue weighted by Gasteiger charge is 2.27. The molecule has 0 radical (unpaired) electrons. The third-order valence-electron chi connectivity index (χ3n) is 2.07. The molecule has 0 fully saturated rings. The van der Waals surface area contributed by atoms with E-state index in [2.05, 4.69) is 0 Å². The lowest BCUT2D eigenvalue weighted by Crippen LogP contribution is -2.24. The largest absolute Gasteiger partial charge is 0.299 e. The Hall–Kier alpha value is -0.340. The van der Waals surface area contributed by atoms with Gasteiger partial charge in [0.15, 0.2) is 0 Å². The van der Waals surface area contributed by atoms with Crippen LogP contribution in [0.2, 0.25) is 4.34 Å². The van der Waals surface area contributed by atoms with Crippen LogP contribution in [-0.4, -0.2) is 5.78 Å². The maximum absolute atomic E-state index is 11.2. The van der Waals surface area contributed by atoms with E-state index in [0.717, 1.165) is 9.21 Å². The Kier molecular flexibility index (Phi) is 2.59. The van der Waals surface area contributed by atoms with E-state index in [4.69, 9.17) is 11.6 Å². The van der Waals surface area contributed by atoms with Gasteiger partial charge in [-0.2, -0.15) is 0 Å². The summed E-state index contributed by atoms with van der Waals surface area (Å²) in [5, 5.41) is 0. The van der Waals surface area contributed by atoms with Crippen LogP contribution < -0.4 is 0 Å². The summed E-state index contributed by atoms with van der Waals surface area (Å²) < 4.78 is 0.735. The minimum Gasteiger partial charge on any atom is -0.299 e. The lowest BCUT2D eigenvalue weighted by atomic mass is 9.87. The van der Waals surface area contributed by atoms with Gasteiger partial charge in [-0.25, -0.2) is 0 Å². The summed E-state index contributed by atoms with van der Waals surface area (Å²) in [6, 6.07) is 3.74. The molecule has 3 heteroatoms. The topological polar surface area (TPSA) is 17.1 Å². The van der Waals surface area contributed by atoms with Crippen molar-refractivity contribution in [1.29, 1.82) is 0 Å². The van der Waals surface area contributed by atoms with Gasteiger partial charge in [-0.3, -0.25) is 4.79 Å². The van der Waals surface area contributed by atoms with E-state index in [1.54, 1.807) is 6.92 Å². The zero-order valence-electron chi connectivity index (χ0n) is 7.35. The van der Waals surface area contributed by atoms with E-state index in [1.807, 2.05) is 26.0 Å². The summed E-state index contributed by atoms with van der Waals surface area (Å²) in [4.78, 5) is 12.3. The van der Waals surface area contributed by atoms with Crippen LogP contribution in [0, 0.1) is 0 Å². The molecule has 0 N–H and O–H groups in total. The number of carbonyl (C=O) groups is 1. The van der Waals surface area contributed by atoms with Gasteiger partial charge in [-0.05, 0) is 32.9 Å². The number of hydrogen-bond acceptors (Lipinski definition) is 2. The molecule has 66 valence electrons. The van der Waals surface area contributed by atoms with Crippen molar-refractivity contribution in [3.05, 3.63) is 21.3 Å². The minimum absolute atomic E-state index is 0.168. The number of Topliss-reactive ketones (excluding diaryl/α,β-unsaturated/α-hetero) is 1. The van der Waals surface area contributed by atoms with Crippen molar-refractivity contribution >= 4 is 28.7 Å². The normalized spacial score (nSPS) is 11.7. The molecular weight excluding hydrogens is 192 g/mol. The molecule has 1 aromatic heterocycles. The maximum Gasteiger partial charge on any atom is 0.140 e. The van der Waals surface area contributed by atoms with Crippen molar-refractivity contribution in [2.45, 2.75) is 26.2 Å². The summed E-state index contributed by atoms with van der Waals surface area (Å²) in [5.41, 5.74) is -0.391. The van der Waals surface area contributed by atoms with Gasteiger partial charge in [0.2, 0.25) is 0 Å². The van der Waals surface area contributed by atoms with Crippen LogP contribution in [0.15, 0.2) is 12.1 Å². The number of halogens is 1. The third-order valence-corrected chi connectivity index (χ3v) is 3.62. The molecular formula is C9H11ClOS. The van der Waals surface area contributed by atoms with Gasteiger partial charge < -0.3 is 0 Å². The number of rotatable bonds is 2. The van der Waals surface area contributed by atoms with Gasteiger partial charge in [0.1, 0.15) is 5.78 Å².